The Balaban J connectivity index is 2.08. The standard InChI is InChI=1S/C10H16N2O3S/c1-2-3-8-6-10(13)12(11-8)9-4-5-16(14,15)7-9/h9H,2-7H2,1H3. The molecule has 2 aliphatic heterocycles. The molecule has 1 unspecified atom stereocenters. The maximum atomic E-state index is 11.7. The molecule has 6 heteroatoms. The van der Waals surface area contributed by atoms with Crippen molar-refractivity contribution in [2.24, 2.45) is 5.10 Å². The topological polar surface area (TPSA) is 66.8 Å². The molecule has 1 amide bonds. The summed E-state index contributed by atoms with van der Waals surface area (Å²) in [6, 6.07) is -0.230. The number of amides is 1. The van der Waals surface area contributed by atoms with E-state index in [1.807, 2.05) is 6.92 Å². The van der Waals surface area contributed by atoms with Crippen molar-refractivity contribution in [3.63, 3.8) is 0 Å². The summed E-state index contributed by atoms with van der Waals surface area (Å²) in [5, 5.41) is 5.64. The van der Waals surface area contributed by atoms with Crippen molar-refractivity contribution < 1.29 is 13.2 Å². The lowest BCUT2D eigenvalue weighted by atomic mass is 10.1. The van der Waals surface area contributed by atoms with Gasteiger partial charge < -0.3 is 0 Å². The largest absolute Gasteiger partial charge is 0.273 e. The van der Waals surface area contributed by atoms with Crippen LogP contribution in [0.15, 0.2) is 5.10 Å². The van der Waals surface area contributed by atoms with Gasteiger partial charge in [-0.3, -0.25) is 4.79 Å². The van der Waals surface area contributed by atoms with Gasteiger partial charge in [-0.05, 0) is 12.8 Å². The SMILES string of the molecule is CCCC1=NN(C2CCS(=O)(=O)C2)C(=O)C1. The highest BCUT2D eigenvalue weighted by molar-refractivity contribution is 7.91. The lowest BCUT2D eigenvalue weighted by Gasteiger charge is -2.17. The summed E-state index contributed by atoms with van der Waals surface area (Å²) in [6.45, 7) is 2.04. The van der Waals surface area contributed by atoms with E-state index in [2.05, 4.69) is 5.10 Å². The van der Waals surface area contributed by atoms with Crippen molar-refractivity contribution in [1.29, 1.82) is 0 Å². The van der Waals surface area contributed by atoms with Crippen molar-refractivity contribution >= 4 is 21.5 Å². The third-order valence-corrected chi connectivity index (χ3v) is 4.70. The van der Waals surface area contributed by atoms with Gasteiger partial charge in [-0.15, -0.1) is 0 Å². The van der Waals surface area contributed by atoms with Gasteiger partial charge in [0.15, 0.2) is 9.84 Å². The fraction of sp³-hybridized carbons (Fsp3) is 0.800. The van der Waals surface area contributed by atoms with Crippen LogP contribution in [0.3, 0.4) is 0 Å². The second kappa shape index (κ2) is 4.16. The molecule has 0 bridgehead atoms. The molecule has 0 aromatic heterocycles. The Bertz CT molecular complexity index is 427. The number of hydrazone groups is 1. The summed E-state index contributed by atoms with van der Waals surface area (Å²) in [6.07, 6.45) is 2.67. The number of carbonyl (C=O) groups is 1. The molecule has 0 spiro atoms. The molecule has 90 valence electrons. The van der Waals surface area contributed by atoms with E-state index < -0.39 is 9.84 Å². The maximum absolute atomic E-state index is 11.7. The molecule has 16 heavy (non-hydrogen) atoms. The number of rotatable bonds is 3. The zero-order chi connectivity index (χ0) is 11.8. The lowest BCUT2D eigenvalue weighted by molar-refractivity contribution is -0.130. The van der Waals surface area contributed by atoms with Crippen LogP contribution in [0.4, 0.5) is 0 Å². The highest BCUT2D eigenvalue weighted by Gasteiger charge is 2.37. The molecule has 2 aliphatic rings. The first-order valence-electron chi connectivity index (χ1n) is 5.60. The van der Waals surface area contributed by atoms with Crippen LogP contribution in [0.25, 0.3) is 0 Å². The summed E-state index contributed by atoms with van der Waals surface area (Å²) in [5.74, 6) is 0.201. The number of hydrogen-bond donors (Lipinski definition) is 0. The van der Waals surface area contributed by atoms with Gasteiger partial charge in [0.1, 0.15) is 0 Å². The first-order chi connectivity index (χ1) is 7.52. The van der Waals surface area contributed by atoms with Crippen molar-refractivity contribution in [3.05, 3.63) is 0 Å². The molecule has 0 radical (unpaired) electrons. The smallest absolute Gasteiger partial charge is 0.248 e. The van der Waals surface area contributed by atoms with E-state index >= 15 is 0 Å². The Morgan fingerprint density at radius 2 is 2.25 bits per heavy atom. The Kier molecular flexibility index (Phi) is 3.01. The zero-order valence-corrected chi connectivity index (χ0v) is 10.2. The summed E-state index contributed by atoms with van der Waals surface area (Å²) >= 11 is 0. The molecule has 1 atom stereocenters. The summed E-state index contributed by atoms with van der Waals surface area (Å²) < 4.78 is 22.7. The van der Waals surface area contributed by atoms with Crippen molar-refractivity contribution in [2.45, 2.75) is 38.6 Å². The molecule has 0 N–H and O–H groups in total. The Labute approximate surface area is 95.4 Å². The lowest BCUT2D eigenvalue weighted by Crippen LogP contribution is -2.33. The van der Waals surface area contributed by atoms with Crippen molar-refractivity contribution in [1.82, 2.24) is 5.01 Å². The molecule has 0 aliphatic carbocycles. The molecule has 1 saturated heterocycles. The van der Waals surface area contributed by atoms with E-state index in [1.54, 1.807) is 0 Å². The van der Waals surface area contributed by atoms with Gasteiger partial charge in [-0.25, -0.2) is 13.4 Å². The Morgan fingerprint density at radius 1 is 1.50 bits per heavy atom. The zero-order valence-electron chi connectivity index (χ0n) is 9.35. The minimum Gasteiger partial charge on any atom is -0.273 e. The second-order valence-electron chi connectivity index (χ2n) is 4.39. The number of hydrogen-bond acceptors (Lipinski definition) is 4. The third-order valence-electron chi connectivity index (χ3n) is 2.95. The van der Waals surface area contributed by atoms with Crippen LogP contribution in [0.1, 0.15) is 32.6 Å². The van der Waals surface area contributed by atoms with E-state index in [0.29, 0.717) is 12.8 Å². The molecule has 0 aromatic carbocycles. The molecule has 5 nitrogen and oxygen atoms in total. The van der Waals surface area contributed by atoms with Crippen LogP contribution >= 0.6 is 0 Å². The Hall–Kier alpha value is -0.910. The molecular formula is C10H16N2O3S. The number of carbonyl (C=O) groups excluding carboxylic acids is 1. The minimum absolute atomic E-state index is 0.0504. The van der Waals surface area contributed by atoms with Crippen LogP contribution in [-0.4, -0.2) is 42.6 Å². The summed E-state index contributed by atoms with van der Waals surface area (Å²) in [7, 11) is -2.95. The van der Waals surface area contributed by atoms with Gasteiger partial charge in [0.25, 0.3) is 0 Å². The van der Waals surface area contributed by atoms with Crippen LogP contribution in [0.2, 0.25) is 0 Å². The predicted molar refractivity (Wildman–Crippen MR) is 60.9 cm³/mol. The highest BCUT2D eigenvalue weighted by Crippen LogP contribution is 2.23. The maximum Gasteiger partial charge on any atom is 0.248 e. The second-order valence-corrected chi connectivity index (χ2v) is 6.62. The third kappa shape index (κ3) is 2.26. The minimum atomic E-state index is -2.95. The van der Waals surface area contributed by atoms with Crippen LogP contribution < -0.4 is 0 Å². The Morgan fingerprint density at radius 3 is 2.81 bits per heavy atom. The average molecular weight is 244 g/mol. The van der Waals surface area contributed by atoms with E-state index in [0.717, 1.165) is 18.6 Å². The predicted octanol–water partition coefficient (Wildman–Crippen LogP) is 0.562. The quantitative estimate of drug-likeness (QED) is 0.728. The normalized spacial score (nSPS) is 28.6. The molecule has 0 aromatic rings. The summed E-state index contributed by atoms with van der Waals surface area (Å²) in [4.78, 5) is 11.7. The van der Waals surface area contributed by atoms with Crippen LogP contribution in [-0.2, 0) is 14.6 Å². The monoisotopic (exact) mass is 244 g/mol. The molecule has 2 rings (SSSR count). The fourth-order valence-electron chi connectivity index (χ4n) is 2.18. The van der Waals surface area contributed by atoms with Gasteiger partial charge >= 0.3 is 0 Å². The van der Waals surface area contributed by atoms with Gasteiger partial charge in [-0.1, -0.05) is 13.3 Å². The molecule has 1 fully saturated rings. The van der Waals surface area contributed by atoms with E-state index in [4.69, 9.17) is 0 Å². The molecule has 2 heterocycles. The van der Waals surface area contributed by atoms with Crippen molar-refractivity contribution in [3.8, 4) is 0 Å². The number of sulfone groups is 1. The van der Waals surface area contributed by atoms with Gasteiger partial charge in [0.2, 0.25) is 5.91 Å². The van der Waals surface area contributed by atoms with Gasteiger partial charge in [-0.2, -0.15) is 5.10 Å². The summed E-state index contributed by atoms with van der Waals surface area (Å²) in [5.41, 5.74) is 0.886. The van der Waals surface area contributed by atoms with E-state index in [1.165, 1.54) is 5.01 Å². The number of nitrogens with zero attached hydrogens (tertiary/aromatic N) is 2. The molecule has 0 saturated carbocycles. The first-order valence-corrected chi connectivity index (χ1v) is 7.43. The van der Waals surface area contributed by atoms with Gasteiger partial charge in [0, 0.05) is 5.71 Å². The highest BCUT2D eigenvalue weighted by atomic mass is 32.2. The first kappa shape index (κ1) is 11.6. The fourth-order valence-corrected chi connectivity index (χ4v) is 3.87. The van der Waals surface area contributed by atoms with Gasteiger partial charge in [0.05, 0.1) is 24.0 Å². The molecular weight excluding hydrogens is 228 g/mol. The van der Waals surface area contributed by atoms with Crippen molar-refractivity contribution in [2.75, 3.05) is 11.5 Å². The van der Waals surface area contributed by atoms with E-state index in [9.17, 15) is 13.2 Å². The van der Waals surface area contributed by atoms with E-state index in [-0.39, 0.29) is 23.5 Å². The average Bonchev–Trinajstić information content (AvgIpc) is 2.70. The van der Waals surface area contributed by atoms with Crippen LogP contribution in [0, 0.1) is 0 Å². The van der Waals surface area contributed by atoms with Crippen LogP contribution in [0.5, 0.6) is 0 Å².